The largest absolute Gasteiger partial charge is 0.331 e. The summed E-state index contributed by atoms with van der Waals surface area (Å²) < 4.78 is 13.9. The van der Waals surface area contributed by atoms with Crippen molar-refractivity contribution in [3.63, 3.8) is 0 Å². The minimum absolute atomic E-state index is 0.00422. The number of benzene rings is 2. The number of amides is 1. The second-order valence-corrected chi connectivity index (χ2v) is 7.36. The second kappa shape index (κ2) is 7.84. The van der Waals surface area contributed by atoms with Crippen LogP contribution < -0.4 is 0 Å². The Kier molecular flexibility index (Phi) is 5.56. The van der Waals surface area contributed by atoms with Gasteiger partial charge in [-0.25, -0.2) is 4.39 Å². The topological polar surface area (TPSA) is 20.3 Å². The highest BCUT2D eigenvalue weighted by Gasteiger charge is 2.33. The summed E-state index contributed by atoms with van der Waals surface area (Å²) in [6.07, 6.45) is 2.01. The Hall–Kier alpha value is -1.81. The molecule has 4 heteroatoms. The molecule has 0 bridgehead atoms. The summed E-state index contributed by atoms with van der Waals surface area (Å²) in [7, 11) is 0. The van der Waals surface area contributed by atoms with E-state index in [4.69, 9.17) is 0 Å². The van der Waals surface area contributed by atoms with E-state index in [9.17, 15) is 9.18 Å². The maximum absolute atomic E-state index is 13.9. The van der Waals surface area contributed by atoms with Crippen LogP contribution in [0, 0.1) is 5.82 Å². The minimum Gasteiger partial charge on any atom is -0.331 e. The van der Waals surface area contributed by atoms with Crippen LogP contribution in [0.5, 0.6) is 0 Å². The molecular weight excluding hydrogens is 321 g/mol. The highest BCUT2D eigenvalue weighted by atomic mass is 32.2. The fourth-order valence-electron chi connectivity index (χ4n) is 2.69. The molecule has 0 atom stereocenters. The predicted molar refractivity (Wildman–Crippen MR) is 97.6 cm³/mol. The first-order valence-electron chi connectivity index (χ1n) is 8.40. The molecule has 2 aromatic carbocycles. The van der Waals surface area contributed by atoms with E-state index in [0.717, 1.165) is 24.3 Å². The zero-order valence-corrected chi connectivity index (χ0v) is 14.7. The molecule has 0 aliphatic heterocycles. The molecule has 1 fully saturated rings. The first-order valence-corrected chi connectivity index (χ1v) is 9.55. The van der Waals surface area contributed by atoms with E-state index < -0.39 is 0 Å². The number of carbonyl (C=O) groups is 1. The highest BCUT2D eigenvalue weighted by Crippen LogP contribution is 2.30. The molecule has 0 unspecified atom stereocenters. The molecule has 1 amide bonds. The van der Waals surface area contributed by atoms with Gasteiger partial charge in [-0.2, -0.15) is 11.8 Å². The monoisotopic (exact) mass is 343 g/mol. The maximum Gasteiger partial charge on any atom is 0.254 e. The predicted octanol–water partition coefficient (Wildman–Crippen LogP) is 4.88. The van der Waals surface area contributed by atoms with Crippen LogP contribution in [0.3, 0.4) is 0 Å². The van der Waals surface area contributed by atoms with Gasteiger partial charge >= 0.3 is 0 Å². The molecule has 0 spiro atoms. The first-order chi connectivity index (χ1) is 11.7. The first kappa shape index (κ1) is 17.0. The van der Waals surface area contributed by atoms with Crippen LogP contribution >= 0.6 is 11.8 Å². The summed E-state index contributed by atoms with van der Waals surface area (Å²) in [5, 5.41) is 0. The quantitative estimate of drug-likeness (QED) is 0.714. The molecule has 0 saturated heterocycles. The van der Waals surface area contributed by atoms with Crippen molar-refractivity contribution in [2.24, 2.45) is 0 Å². The Morgan fingerprint density at radius 3 is 2.50 bits per heavy atom. The minimum atomic E-state index is -0.247. The summed E-state index contributed by atoms with van der Waals surface area (Å²) >= 11 is 1.86. The van der Waals surface area contributed by atoms with Crippen molar-refractivity contribution < 1.29 is 9.18 Å². The van der Waals surface area contributed by atoms with E-state index in [2.05, 4.69) is 6.92 Å². The van der Waals surface area contributed by atoms with Crippen LogP contribution in [0.4, 0.5) is 4.39 Å². The van der Waals surface area contributed by atoms with Crippen molar-refractivity contribution in [2.75, 3.05) is 5.75 Å². The average molecular weight is 343 g/mol. The van der Waals surface area contributed by atoms with Gasteiger partial charge in [-0.1, -0.05) is 37.3 Å². The van der Waals surface area contributed by atoms with E-state index in [-0.39, 0.29) is 17.8 Å². The van der Waals surface area contributed by atoms with Gasteiger partial charge in [-0.3, -0.25) is 4.79 Å². The van der Waals surface area contributed by atoms with Crippen molar-refractivity contribution in [3.05, 3.63) is 71.0 Å². The number of hydrogen-bond donors (Lipinski definition) is 0. The number of hydrogen-bond acceptors (Lipinski definition) is 2. The fourth-order valence-corrected chi connectivity index (χ4v) is 3.32. The van der Waals surface area contributed by atoms with Crippen LogP contribution in [0.1, 0.15) is 41.3 Å². The summed E-state index contributed by atoms with van der Waals surface area (Å²) in [5.41, 5.74) is 2.49. The van der Waals surface area contributed by atoms with Crippen LogP contribution in [-0.4, -0.2) is 22.6 Å². The molecule has 0 radical (unpaired) electrons. The fraction of sp³-hybridized carbons (Fsp3) is 0.350. The summed E-state index contributed by atoms with van der Waals surface area (Å²) in [5.74, 6) is 1.80. The molecule has 1 saturated carbocycles. The molecule has 126 valence electrons. The smallest absolute Gasteiger partial charge is 0.254 e. The molecule has 1 aliphatic carbocycles. The van der Waals surface area contributed by atoms with E-state index in [1.54, 1.807) is 12.1 Å². The zero-order chi connectivity index (χ0) is 16.9. The van der Waals surface area contributed by atoms with Crippen molar-refractivity contribution >= 4 is 17.7 Å². The Morgan fingerprint density at radius 2 is 1.88 bits per heavy atom. The maximum atomic E-state index is 13.9. The Labute approximate surface area is 147 Å². The third kappa shape index (κ3) is 4.18. The standard InChI is InChI=1S/C20H22FNOS/c1-2-24-14-15-7-9-16(10-8-15)20(23)22(18-11-12-18)13-17-5-3-4-6-19(17)21/h3-10,18H,2,11-14H2,1H3. The van der Waals surface area contributed by atoms with E-state index in [1.807, 2.05) is 47.0 Å². The molecule has 24 heavy (non-hydrogen) atoms. The SMILES string of the molecule is CCSCc1ccc(C(=O)N(Cc2ccccc2F)C2CC2)cc1. The van der Waals surface area contributed by atoms with Gasteiger partial charge in [0.05, 0.1) is 0 Å². The number of halogens is 1. The van der Waals surface area contributed by atoms with Crippen LogP contribution in [0.2, 0.25) is 0 Å². The second-order valence-electron chi connectivity index (χ2n) is 6.09. The van der Waals surface area contributed by atoms with Gasteiger partial charge in [-0.15, -0.1) is 0 Å². The molecule has 0 N–H and O–H groups in total. The summed E-state index contributed by atoms with van der Waals surface area (Å²) in [6.45, 7) is 2.47. The molecule has 3 rings (SSSR count). The van der Waals surface area contributed by atoms with Crippen molar-refractivity contribution in [1.82, 2.24) is 4.90 Å². The van der Waals surface area contributed by atoms with Gasteiger partial charge in [0.15, 0.2) is 0 Å². The highest BCUT2D eigenvalue weighted by molar-refractivity contribution is 7.98. The van der Waals surface area contributed by atoms with E-state index in [1.165, 1.54) is 11.6 Å². The van der Waals surface area contributed by atoms with Gasteiger partial charge < -0.3 is 4.90 Å². The Balaban J connectivity index is 1.74. The summed E-state index contributed by atoms with van der Waals surface area (Å²) in [4.78, 5) is 14.7. The van der Waals surface area contributed by atoms with Gasteiger partial charge in [-0.05, 0) is 42.4 Å². The van der Waals surface area contributed by atoms with Gasteiger partial charge in [0.2, 0.25) is 0 Å². The third-order valence-corrected chi connectivity index (χ3v) is 5.17. The zero-order valence-electron chi connectivity index (χ0n) is 13.9. The molecule has 0 aromatic heterocycles. The average Bonchev–Trinajstić information content (AvgIpc) is 3.44. The molecule has 1 aliphatic rings. The van der Waals surface area contributed by atoms with Crippen molar-refractivity contribution in [2.45, 2.75) is 38.1 Å². The lowest BCUT2D eigenvalue weighted by molar-refractivity contribution is 0.0728. The number of thioether (sulfide) groups is 1. The van der Waals surface area contributed by atoms with Crippen LogP contribution in [-0.2, 0) is 12.3 Å². The molecular formula is C20H22FNOS. The molecule has 0 heterocycles. The number of nitrogens with zero attached hydrogens (tertiary/aromatic N) is 1. The van der Waals surface area contributed by atoms with Gasteiger partial charge in [0, 0.05) is 29.5 Å². The lowest BCUT2D eigenvalue weighted by Crippen LogP contribution is -2.32. The summed E-state index contributed by atoms with van der Waals surface area (Å²) in [6, 6.07) is 14.8. The van der Waals surface area contributed by atoms with Crippen LogP contribution in [0.25, 0.3) is 0 Å². The molecule has 2 aromatic rings. The third-order valence-electron chi connectivity index (χ3n) is 4.22. The molecule has 2 nitrogen and oxygen atoms in total. The van der Waals surface area contributed by atoms with E-state index in [0.29, 0.717) is 17.7 Å². The lowest BCUT2D eigenvalue weighted by atomic mass is 10.1. The van der Waals surface area contributed by atoms with Crippen molar-refractivity contribution in [3.8, 4) is 0 Å². The number of rotatable bonds is 7. The van der Waals surface area contributed by atoms with E-state index >= 15 is 0 Å². The Morgan fingerprint density at radius 1 is 1.17 bits per heavy atom. The van der Waals surface area contributed by atoms with Crippen LogP contribution in [0.15, 0.2) is 48.5 Å². The van der Waals surface area contributed by atoms with Gasteiger partial charge in [0.1, 0.15) is 5.82 Å². The Bertz CT molecular complexity index is 697. The number of carbonyl (C=O) groups excluding carboxylic acids is 1. The normalized spacial score (nSPS) is 13.8. The van der Waals surface area contributed by atoms with Gasteiger partial charge in [0.25, 0.3) is 5.91 Å². The van der Waals surface area contributed by atoms with Crippen molar-refractivity contribution in [1.29, 1.82) is 0 Å². The lowest BCUT2D eigenvalue weighted by Gasteiger charge is -2.23.